The fourth-order valence-corrected chi connectivity index (χ4v) is 2.47. The van der Waals surface area contributed by atoms with Crippen LogP contribution in [0.3, 0.4) is 0 Å². The number of aryl methyl sites for hydroxylation is 2. The average Bonchev–Trinajstić information content (AvgIpc) is 2.80. The SMILES string of the molecule is CCn1ncc(C)c1CNCCCN1CCOCC1. The molecule has 0 aromatic carbocycles. The van der Waals surface area contributed by atoms with Gasteiger partial charge in [-0.05, 0) is 38.9 Å². The van der Waals surface area contributed by atoms with E-state index < -0.39 is 0 Å². The first-order valence-corrected chi connectivity index (χ1v) is 7.33. The van der Waals surface area contributed by atoms with Gasteiger partial charge < -0.3 is 10.1 Å². The van der Waals surface area contributed by atoms with E-state index in [-0.39, 0.29) is 0 Å². The number of morpholine rings is 1. The second-order valence-corrected chi connectivity index (χ2v) is 5.07. The van der Waals surface area contributed by atoms with Crippen LogP contribution in [0.1, 0.15) is 24.6 Å². The first kappa shape index (κ1) is 14.5. The molecular weight excluding hydrogens is 240 g/mol. The third-order valence-corrected chi connectivity index (χ3v) is 3.68. The lowest BCUT2D eigenvalue weighted by Gasteiger charge is -2.26. The average molecular weight is 266 g/mol. The molecule has 2 rings (SSSR count). The van der Waals surface area contributed by atoms with E-state index in [1.54, 1.807) is 0 Å². The highest BCUT2D eigenvalue weighted by Crippen LogP contribution is 2.06. The topological polar surface area (TPSA) is 42.3 Å². The molecule has 1 aliphatic rings. The van der Waals surface area contributed by atoms with Gasteiger partial charge in [-0.25, -0.2) is 0 Å². The predicted molar refractivity (Wildman–Crippen MR) is 76.2 cm³/mol. The number of aromatic nitrogens is 2. The van der Waals surface area contributed by atoms with Gasteiger partial charge in [0, 0.05) is 26.2 Å². The molecule has 0 radical (unpaired) electrons. The van der Waals surface area contributed by atoms with Crippen molar-refractivity contribution in [2.24, 2.45) is 0 Å². The lowest BCUT2D eigenvalue weighted by atomic mass is 10.2. The number of nitrogens with zero attached hydrogens (tertiary/aromatic N) is 3. The van der Waals surface area contributed by atoms with Crippen molar-refractivity contribution in [3.05, 3.63) is 17.5 Å². The molecular formula is C14H26N4O. The Bertz CT molecular complexity index is 372. The monoisotopic (exact) mass is 266 g/mol. The molecule has 0 amide bonds. The fraction of sp³-hybridized carbons (Fsp3) is 0.786. The fourth-order valence-electron chi connectivity index (χ4n) is 2.47. The van der Waals surface area contributed by atoms with Crippen molar-refractivity contribution in [2.75, 3.05) is 39.4 Å². The van der Waals surface area contributed by atoms with Gasteiger partial charge in [0.15, 0.2) is 0 Å². The van der Waals surface area contributed by atoms with Crippen LogP contribution in [0.5, 0.6) is 0 Å². The van der Waals surface area contributed by atoms with Crippen molar-refractivity contribution in [3.8, 4) is 0 Å². The molecule has 0 saturated carbocycles. The van der Waals surface area contributed by atoms with E-state index in [2.05, 4.69) is 33.8 Å². The zero-order valence-corrected chi connectivity index (χ0v) is 12.2. The summed E-state index contributed by atoms with van der Waals surface area (Å²) in [6.45, 7) is 12.3. The van der Waals surface area contributed by atoms with Crippen LogP contribution in [0.2, 0.25) is 0 Å². The summed E-state index contributed by atoms with van der Waals surface area (Å²) >= 11 is 0. The molecule has 5 nitrogen and oxygen atoms in total. The number of hydrogen-bond acceptors (Lipinski definition) is 4. The Kier molecular flexibility index (Phi) is 5.82. The molecule has 1 N–H and O–H groups in total. The van der Waals surface area contributed by atoms with E-state index in [4.69, 9.17) is 4.74 Å². The smallest absolute Gasteiger partial charge is 0.0594 e. The highest BCUT2D eigenvalue weighted by Gasteiger charge is 2.09. The number of hydrogen-bond donors (Lipinski definition) is 1. The van der Waals surface area contributed by atoms with Gasteiger partial charge in [0.25, 0.3) is 0 Å². The molecule has 1 fully saturated rings. The minimum Gasteiger partial charge on any atom is -0.379 e. The quantitative estimate of drug-likeness (QED) is 0.748. The minimum absolute atomic E-state index is 0.891. The lowest BCUT2D eigenvalue weighted by molar-refractivity contribution is 0.0374. The number of ether oxygens (including phenoxy) is 1. The first-order valence-electron chi connectivity index (χ1n) is 7.33. The van der Waals surface area contributed by atoms with Crippen LogP contribution in [-0.4, -0.2) is 54.1 Å². The maximum absolute atomic E-state index is 5.35. The van der Waals surface area contributed by atoms with Crippen molar-refractivity contribution >= 4 is 0 Å². The predicted octanol–water partition coefficient (Wildman–Crippen LogP) is 1.02. The maximum atomic E-state index is 5.35. The molecule has 108 valence electrons. The molecule has 0 aliphatic carbocycles. The molecule has 0 spiro atoms. The molecule has 2 heterocycles. The van der Waals surface area contributed by atoms with Crippen molar-refractivity contribution in [3.63, 3.8) is 0 Å². The molecule has 0 bridgehead atoms. The second-order valence-electron chi connectivity index (χ2n) is 5.07. The highest BCUT2D eigenvalue weighted by molar-refractivity contribution is 5.15. The minimum atomic E-state index is 0.891. The van der Waals surface area contributed by atoms with Crippen molar-refractivity contribution in [1.29, 1.82) is 0 Å². The van der Waals surface area contributed by atoms with Gasteiger partial charge in [0.05, 0.1) is 25.1 Å². The Hall–Kier alpha value is -0.910. The van der Waals surface area contributed by atoms with Crippen LogP contribution >= 0.6 is 0 Å². The molecule has 1 aromatic rings. The van der Waals surface area contributed by atoms with Crippen LogP contribution in [-0.2, 0) is 17.8 Å². The summed E-state index contributed by atoms with van der Waals surface area (Å²) in [7, 11) is 0. The standard InChI is InChI=1S/C14H26N4O/c1-3-18-14(13(2)11-16-18)12-15-5-4-6-17-7-9-19-10-8-17/h11,15H,3-10,12H2,1-2H3. The van der Waals surface area contributed by atoms with Crippen LogP contribution < -0.4 is 5.32 Å². The zero-order valence-electron chi connectivity index (χ0n) is 12.2. The summed E-state index contributed by atoms with van der Waals surface area (Å²) < 4.78 is 7.42. The number of nitrogens with one attached hydrogen (secondary N) is 1. The second kappa shape index (κ2) is 7.62. The van der Waals surface area contributed by atoms with Crippen LogP contribution in [0.4, 0.5) is 0 Å². The molecule has 0 unspecified atom stereocenters. The normalized spacial score (nSPS) is 16.9. The summed E-state index contributed by atoms with van der Waals surface area (Å²) in [5.41, 5.74) is 2.59. The molecule has 1 aliphatic heterocycles. The van der Waals surface area contributed by atoms with E-state index in [0.29, 0.717) is 0 Å². The molecule has 1 saturated heterocycles. The van der Waals surface area contributed by atoms with Crippen LogP contribution in [0.25, 0.3) is 0 Å². The third-order valence-electron chi connectivity index (χ3n) is 3.68. The van der Waals surface area contributed by atoms with Gasteiger partial charge in [0.2, 0.25) is 0 Å². The van der Waals surface area contributed by atoms with Crippen molar-refractivity contribution in [1.82, 2.24) is 20.0 Å². The van der Waals surface area contributed by atoms with E-state index in [0.717, 1.165) is 45.9 Å². The zero-order chi connectivity index (χ0) is 13.5. The molecule has 1 aromatic heterocycles. The Balaban J connectivity index is 1.62. The third kappa shape index (κ3) is 4.30. The molecule has 5 heteroatoms. The van der Waals surface area contributed by atoms with Gasteiger partial charge in [-0.15, -0.1) is 0 Å². The van der Waals surface area contributed by atoms with Gasteiger partial charge in [-0.2, -0.15) is 5.10 Å². The largest absolute Gasteiger partial charge is 0.379 e. The summed E-state index contributed by atoms with van der Waals surface area (Å²) in [5.74, 6) is 0. The Morgan fingerprint density at radius 1 is 1.37 bits per heavy atom. The van der Waals surface area contributed by atoms with E-state index in [1.165, 1.54) is 24.2 Å². The Morgan fingerprint density at radius 3 is 2.89 bits per heavy atom. The van der Waals surface area contributed by atoms with E-state index >= 15 is 0 Å². The Morgan fingerprint density at radius 2 is 2.16 bits per heavy atom. The van der Waals surface area contributed by atoms with E-state index in [1.807, 2.05) is 6.20 Å². The van der Waals surface area contributed by atoms with Gasteiger partial charge in [-0.3, -0.25) is 9.58 Å². The van der Waals surface area contributed by atoms with E-state index in [9.17, 15) is 0 Å². The lowest BCUT2D eigenvalue weighted by Crippen LogP contribution is -2.37. The van der Waals surface area contributed by atoms with Crippen molar-refractivity contribution in [2.45, 2.75) is 33.4 Å². The summed E-state index contributed by atoms with van der Waals surface area (Å²) in [4.78, 5) is 2.48. The number of rotatable bonds is 7. The van der Waals surface area contributed by atoms with Gasteiger partial charge in [-0.1, -0.05) is 0 Å². The summed E-state index contributed by atoms with van der Waals surface area (Å²) in [6, 6.07) is 0. The maximum Gasteiger partial charge on any atom is 0.0594 e. The van der Waals surface area contributed by atoms with Crippen molar-refractivity contribution < 1.29 is 4.74 Å². The highest BCUT2D eigenvalue weighted by atomic mass is 16.5. The summed E-state index contributed by atoms with van der Waals surface area (Å²) in [6.07, 6.45) is 3.15. The van der Waals surface area contributed by atoms with Gasteiger partial charge >= 0.3 is 0 Å². The first-order chi connectivity index (χ1) is 9.31. The molecule has 19 heavy (non-hydrogen) atoms. The summed E-state index contributed by atoms with van der Waals surface area (Å²) in [5, 5.41) is 7.89. The molecule has 0 atom stereocenters. The Labute approximate surface area is 115 Å². The van der Waals surface area contributed by atoms with Crippen LogP contribution in [0.15, 0.2) is 6.20 Å². The van der Waals surface area contributed by atoms with Crippen LogP contribution in [0, 0.1) is 6.92 Å². The van der Waals surface area contributed by atoms with Gasteiger partial charge in [0.1, 0.15) is 0 Å².